The van der Waals surface area contributed by atoms with Crippen molar-refractivity contribution in [2.75, 3.05) is 18.1 Å². The lowest BCUT2D eigenvalue weighted by molar-refractivity contribution is -0.180. The van der Waals surface area contributed by atoms with Gasteiger partial charge in [0.25, 0.3) is 0 Å². The predicted octanol–water partition coefficient (Wildman–Crippen LogP) is 0.744. The van der Waals surface area contributed by atoms with Crippen LogP contribution in [0.4, 0.5) is 5.69 Å². The van der Waals surface area contributed by atoms with E-state index in [2.05, 4.69) is 0 Å². The molecule has 4 heterocycles. The van der Waals surface area contributed by atoms with E-state index in [1.807, 2.05) is 6.07 Å². The highest BCUT2D eigenvalue weighted by Gasteiger charge is 2.71. The molecule has 3 fully saturated rings. The predicted molar refractivity (Wildman–Crippen MR) is 83.1 cm³/mol. The molecule has 1 aromatic carbocycles. The molecule has 7 nitrogen and oxygen atoms in total. The highest BCUT2D eigenvalue weighted by molar-refractivity contribution is 6.23. The van der Waals surface area contributed by atoms with Crippen molar-refractivity contribution in [1.82, 2.24) is 0 Å². The Morgan fingerprint density at radius 2 is 1.92 bits per heavy atom. The van der Waals surface area contributed by atoms with E-state index in [4.69, 9.17) is 14.2 Å². The second kappa shape index (κ2) is 4.99. The summed E-state index contributed by atoms with van der Waals surface area (Å²) in [5.74, 6) is -2.03. The summed E-state index contributed by atoms with van der Waals surface area (Å²) in [6.45, 7) is 0.851. The van der Waals surface area contributed by atoms with Crippen LogP contribution in [0.15, 0.2) is 36.4 Å². The normalized spacial score (nSPS) is 36.3. The van der Waals surface area contributed by atoms with E-state index < -0.39 is 29.8 Å². The van der Waals surface area contributed by atoms with Crippen LogP contribution in [0.5, 0.6) is 0 Å². The Bertz CT molecular complexity index is 853. The number of rotatable bonds is 2. The monoisotopic (exact) mass is 338 g/mol. The lowest BCUT2D eigenvalue weighted by Crippen LogP contribution is -2.49. The van der Waals surface area contributed by atoms with Crippen molar-refractivity contribution in [3.63, 3.8) is 0 Å². The summed E-state index contributed by atoms with van der Waals surface area (Å²) in [4.78, 5) is 27.3. The summed E-state index contributed by atoms with van der Waals surface area (Å²) >= 11 is 0. The van der Waals surface area contributed by atoms with E-state index in [1.54, 1.807) is 36.4 Å². The first-order chi connectivity index (χ1) is 12.2. The lowest BCUT2D eigenvalue weighted by atomic mass is 9.76. The first kappa shape index (κ1) is 14.8. The molecule has 7 heteroatoms. The van der Waals surface area contributed by atoms with Crippen LogP contribution in [0.1, 0.15) is 5.56 Å². The number of amides is 2. The molecule has 4 aliphatic rings. The number of ether oxygens (including phenoxy) is 3. The zero-order valence-corrected chi connectivity index (χ0v) is 13.1. The molecule has 1 aromatic rings. The number of hydrogen-bond donors (Lipinski definition) is 0. The van der Waals surface area contributed by atoms with Gasteiger partial charge < -0.3 is 14.2 Å². The molecule has 0 N–H and O–H groups in total. The highest BCUT2D eigenvalue weighted by Crippen LogP contribution is 2.55. The van der Waals surface area contributed by atoms with Crippen LogP contribution in [0.3, 0.4) is 0 Å². The van der Waals surface area contributed by atoms with Crippen LogP contribution in [0, 0.1) is 23.2 Å². The molecule has 0 unspecified atom stereocenters. The summed E-state index contributed by atoms with van der Waals surface area (Å²) in [6, 6.07) is 8.64. The standard InChI is InChI=1S/C18H14N2O5/c19-9-10-3-1-2-4-11(10)20-15(21)13-12-5-6-18(25-12,14(13)16(20)22)17-23-7-8-24-17/h1-6,12-14,17H,7-8H2/t12-,13-,14+,18-/m1/s1. The minimum atomic E-state index is -1.07. The van der Waals surface area contributed by atoms with Gasteiger partial charge in [0, 0.05) is 0 Å². The number of hydrogen-bond acceptors (Lipinski definition) is 6. The van der Waals surface area contributed by atoms with Gasteiger partial charge in [-0.15, -0.1) is 0 Å². The third-order valence-electron chi connectivity index (χ3n) is 5.33. The molecule has 0 aliphatic carbocycles. The fourth-order valence-corrected chi connectivity index (χ4v) is 4.33. The van der Waals surface area contributed by atoms with Crippen LogP contribution < -0.4 is 4.90 Å². The first-order valence-electron chi connectivity index (χ1n) is 8.15. The van der Waals surface area contributed by atoms with Gasteiger partial charge in [0.15, 0.2) is 11.9 Å². The molecule has 5 rings (SSSR count). The molecule has 0 radical (unpaired) electrons. The van der Waals surface area contributed by atoms with Crippen molar-refractivity contribution in [3.8, 4) is 6.07 Å². The summed E-state index contributed by atoms with van der Waals surface area (Å²) in [5, 5.41) is 9.32. The number of anilines is 1. The zero-order valence-electron chi connectivity index (χ0n) is 13.1. The van der Waals surface area contributed by atoms with E-state index in [0.717, 1.165) is 4.90 Å². The van der Waals surface area contributed by atoms with Gasteiger partial charge in [0.2, 0.25) is 11.8 Å². The molecule has 0 spiro atoms. The largest absolute Gasteiger partial charge is 0.357 e. The van der Waals surface area contributed by atoms with E-state index in [1.165, 1.54) is 0 Å². The maximum Gasteiger partial charge on any atom is 0.241 e. The van der Waals surface area contributed by atoms with Gasteiger partial charge in [-0.3, -0.25) is 9.59 Å². The van der Waals surface area contributed by atoms with Crippen molar-refractivity contribution in [3.05, 3.63) is 42.0 Å². The van der Waals surface area contributed by atoms with Gasteiger partial charge in [-0.05, 0) is 18.2 Å². The number of benzene rings is 1. The molecule has 0 aromatic heterocycles. The Hall–Kier alpha value is -2.53. The van der Waals surface area contributed by atoms with E-state index in [-0.39, 0.29) is 17.4 Å². The van der Waals surface area contributed by atoms with Gasteiger partial charge in [-0.25, -0.2) is 4.90 Å². The van der Waals surface area contributed by atoms with E-state index in [0.29, 0.717) is 18.9 Å². The summed E-state index contributed by atoms with van der Waals surface area (Å²) < 4.78 is 17.2. The van der Waals surface area contributed by atoms with Gasteiger partial charge in [-0.2, -0.15) is 5.26 Å². The summed E-state index contributed by atoms with van der Waals surface area (Å²) in [6.07, 6.45) is 2.41. The van der Waals surface area contributed by atoms with Crippen molar-refractivity contribution < 1.29 is 23.8 Å². The molecular weight excluding hydrogens is 324 g/mol. The van der Waals surface area contributed by atoms with Crippen LogP contribution in [-0.2, 0) is 23.8 Å². The molecule has 2 bridgehead atoms. The maximum absolute atomic E-state index is 13.2. The molecular formula is C18H14N2O5. The number of nitriles is 1. The SMILES string of the molecule is N#Cc1ccccc1N1C(=O)[C@H]2[C@@H](C1=O)[C@@]1(C3OCCO3)C=C[C@H]2O1. The van der Waals surface area contributed by atoms with Crippen molar-refractivity contribution in [2.45, 2.75) is 18.0 Å². The molecule has 4 atom stereocenters. The zero-order chi connectivity index (χ0) is 17.2. The fraction of sp³-hybridized carbons (Fsp3) is 0.389. The molecule has 2 amide bonds. The number of fused-ring (bicyclic) bond motifs is 5. The number of para-hydroxylation sites is 1. The number of carbonyl (C=O) groups excluding carboxylic acids is 2. The topological polar surface area (TPSA) is 88.9 Å². The van der Waals surface area contributed by atoms with E-state index in [9.17, 15) is 14.9 Å². The second-order valence-electron chi connectivity index (χ2n) is 6.51. The third-order valence-corrected chi connectivity index (χ3v) is 5.33. The Morgan fingerprint density at radius 1 is 1.16 bits per heavy atom. The molecule has 126 valence electrons. The summed E-state index contributed by atoms with van der Waals surface area (Å²) in [7, 11) is 0. The Labute approximate surface area is 143 Å². The average molecular weight is 338 g/mol. The lowest BCUT2D eigenvalue weighted by Gasteiger charge is -2.32. The molecule has 0 saturated carbocycles. The Kier molecular flexibility index (Phi) is 2.95. The van der Waals surface area contributed by atoms with Gasteiger partial charge in [0.05, 0.1) is 42.4 Å². The van der Waals surface area contributed by atoms with Gasteiger partial charge >= 0.3 is 0 Å². The molecule has 4 aliphatic heterocycles. The minimum Gasteiger partial charge on any atom is -0.357 e. The third kappa shape index (κ3) is 1.74. The maximum atomic E-state index is 13.2. The summed E-state index contributed by atoms with van der Waals surface area (Å²) in [5.41, 5.74) is -0.473. The van der Waals surface area contributed by atoms with Crippen molar-refractivity contribution >= 4 is 17.5 Å². The van der Waals surface area contributed by atoms with E-state index >= 15 is 0 Å². The van der Waals surface area contributed by atoms with Crippen LogP contribution in [0.25, 0.3) is 0 Å². The molecule has 3 saturated heterocycles. The van der Waals surface area contributed by atoms with Gasteiger partial charge in [0.1, 0.15) is 6.07 Å². The minimum absolute atomic E-state index is 0.285. The van der Waals surface area contributed by atoms with Crippen molar-refractivity contribution in [2.24, 2.45) is 11.8 Å². The molecule has 25 heavy (non-hydrogen) atoms. The second-order valence-corrected chi connectivity index (χ2v) is 6.51. The van der Waals surface area contributed by atoms with Gasteiger partial charge in [-0.1, -0.05) is 18.2 Å². The van der Waals surface area contributed by atoms with Crippen LogP contribution in [0.2, 0.25) is 0 Å². The van der Waals surface area contributed by atoms with Crippen molar-refractivity contribution in [1.29, 1.82) is 5.26 Å². The average Bonchev–Trinajstić information content (AvgIpc) is 3.38. The number of imide groups is 1. The Balaban J connectivity index is 1.59. The number of carbonyl (C=O) groups is 2. The highest BCUT2D eigenvalue weighted by atomic mass is 16.7. The number of nitrogens with zero attached hydrogens (tertiary/aromatic N) is 2. The van der Waals surface area contributed by atoms with Crippen LogP contribution >= 0.6 is 0 Å². The quantitative estimate of drug-likeness (QED) is 0.584. The fourth-order valence-electron chi connectivity index (χ4n) is 4.33. The van der Waals surface area contributed by atoms with Crippen LogP contribution in [-0.4, -0.2) is 43.0 Å². The first-order valence-corrected chi connectivity index (χ1v) is 8.15. The smallest absolute Gasteiger partial charge is 0.241 e. The Morgan fingerprint density at radius 3 is 2.68 bits per heavy atom.